The second kappa shape index (κ2) is 9.18. The van der Waals surface area contributed by atoms with E-state index in [0.29, 0.717) is 42.5 Å². The summed E-state index contributed by atoms with van der Waals surface area (Å²) in [5.74, 6) is 0.175. The minimum absolute atomic E-state index is 0.0128. The first-order valence-corrected chi connectivity index (χ1v) is 10.1. The Morgan fingerprint density at radius 2 is 2.10 bits per heavy atom. The van der Waals surface area contributed by atoms with Crippen LogP contribution in [0.2, 0.25) is 0 Å². The largest absolute Gasteiger partial charge is 0.368 e. The zero-order chi connectivity index (χ0) is 21.8. The molecule has 1 aromatic carbocycles. The standard InChI is InChI=1S/C23H24FN5O2/c1-28(2)23-26-14-19(16-6-5-7-17(24)12-16)22(27-23)20-15-29(10-11-31-20)21(30)13-18-8-3-4-9-25-18/h3-9,12,14,20H,10-11,13,15H2,1-2H3. The van der Waals surface area contributed by atoms with E-state index in [1.165, 1.54) is 12.1 Å². The number of amides is 1. The number of rotatable bonds is 5. The van der Waals surface area contributed by atoms with Crippen molar-refractivity contribution >= 4 is 11.9 Å². The molecule has 1 aliphatic heterocycles. The monoisotopic (exact) mass is 421 g/mol. The van der Waals surface area contributed by atoms with E-state index in [1.807, 2.05) is 38.4 Å². The third-order valence-corrected chi connectivity index (χ3v) is 5.12. The number of hydrogen-bond acceptors (Lipinski definition) is 6. The van der Waals surface area contributed by atoms with E-state index in [4.69, 9.17) is 9.72 Å². The maximum absolute atomic E-state index is 13.9. The molecule has 1 saturated heterocycles. The Hall–Kier alpha value is -3.39. The van der Waals surface area contributed by atoms with Gasteiger partial charge in [0.1, 0.15) is 11.9 Å². The van der Waals surface area contributed by atoms with Gasteiger partial charge in [-0.1, -0.05) is 18.2 Å². The van der Waals surface area contributed by atoms with Gasteiger partial charge in [0.15, 0.2) is 0 Å². The number of carbonyl (C=O) groups is 1. The molecule has 1 unspecified atom stereocenters. The van der Waals surface area contributed by atoms with Gasteiger partial charge in [0.2, 0.25) is 11.9 Å². The van der Waals surface area contributed by atoms with E-state index in [2.05, 4.69) is 9.97 Å². The maximum Gasteiger partial charge on any atom is 0.228 e. The first-order chi connectivity index (χ1) is 15.0. The molecule has 0 N–H and O–H groups in total. The molecule has 1 atom stereocenters. The average Bonchev–Trinajstić information content (AvgIpc) is 2.79. The van der Waals surface area contributed by atoms with Crippen LogP contribution < -0.4 is 4.90 Å². The third-order valence-electron chi connectivity index (χ3n) is 5.12. The Bertz CT molecular complexity index is 1060. The van der Waals surface area contributed by atoms with E-state index >= 15 is 0 Å². The molecule has 160 valence electrons. The topological polar surface area (TPSA) is 71.5 Å². The molecule has 8 heteroatoms. The van der Waals surface area contributed by atoms with E-state index in [0.717, 1.165) is 5.69 Å². The number of pyridine rings is 1. The summed E-state index contributed by atoms with van der Waals surface area (Å²) in [6, 6.07) is 11.8. The SMILES string of the molecule is CN(C)c1ncc(-c2cccc(F)c2)c(C2CN(C(=O)Cc3ccccn3)CCO2)n1. The molecular formula is C23H24FN5O2. The molecule has 3 aromatic rings. The summed E-state index contributed by atoms with van der Waals surface area (Å²) in [6.07, 6.45) is 3.16. The number of benzene rings is 1. The van der Waals surface area contributed by atoms with Crippen LogP contribution in [0.25, 0.3) is 11.1 Å². The smallest absolute Gasteiger partial charge is 0.228 e. The predicted molar refractivity (Wildman–Crippen MR) is 115 cm³/mol. The van der Waals surface area contributed by atoms with Crippen LogP contribution in [0.3, 0.4) is 0 Å². The molecule has 4 rings (SSSR count). The van der Waals surface area contributed by atoms with Gasteiger partial charge in [0, 0.05) is 44.3 Å². The van der Waals surface area contributed by atoms with Gasteiger partial charge < -0.3 is 14.5 Å². The quantitative estimate of drug-likeness (QED) is 0.631. The van der Waals surface area contributed by atoms with E-state index in [-0.39, 0.29) is 18.1 Å². The summed E-state index contributed by atoms with van der Waals surface area (Å²) in [7, 11) is 3.71. The molecule has 31 heavy (non-hydrogen) atoms. The molecule has 0 radical (unpaired) electrons. The average molecular weight is 421 g/mol. The zero-order valence-electron chi connectivity index (χ0n) is 17.5. The minimum Gasteiger partial charge on any atom is -0.368 e. The zero-order valence-corrected chi connectivity index (χ0v) is 17.5. The van der Waals surface area contributed by atoms with Crippen molar-refractivity contribution in [3.05, 3.63) is 72.1 Å². The van der Waals surface area contributed by atoms with Gasteiger partial charge in [-0.05, 0) is 29.8 Å². The number of ether oxygens (including phenoxy) is 1. The Labute approximate surface area is 180 Å². The van der Waals surface area contributed by atoms with Crippen LogP contribution in [0.5, 0.6) is 0 Å². The highest BCUT2D eigenvalue weighted by molar-refractivity contribution is 5.78. The molecule has 0 spiro atoms. The Morgan fingerprint density at radius 3 is 2.84 bits per heavy atom. The van der Waals surface area contributed by atoms with Gasteiger partial charge in [0.25, 0.3) is 0 Å². The van der Waals surface area contributed by atoms with Crippen LogP contribution in [0.4, 0.5) is 10.3 Å². The van der Waals surface area contributed by atoms with Gasteiger partial charge in [0.05, 0.1) is 25.3 Å². The number of nitrogens with zero attached hydrogens (tertiary/aromatic N) is 5. The lowest BCUT2D eigenvalue weighted by molar-refractivity contribution is -0.138. The molecule has 0 bridgehead atoms. The lowest BCUT2D eigenvalue weighted by Gasteiger charge is -2.33. The summed E-state index contributed by atoms with van der Waals surface area (Å²) in [5, 5.41) is 0. The molecule has 1 aliphatic rings. The van der Waals surface area contributed by atoms with Crippen LogP contribution in [0.15, 0.2) is 54.9 Å². The van der Waals surface area contributed by atoms with Crippen LogP contribution >= 0.6 is 0 Å². The summed E-state index contributed by atoms with van der Waals surface area (Å²) < 4.78 is 19.9. The number of aromatic nitrogens is 3. The molecule has 1 amide bonds. The van der Waals surface area contributed by atoms with Gasteiger partial charge in [-0.3, -0.25) is 9.78 Å². The van der Waals surface area contributed by atoms with Gasteiger partial charge in [-0.15, -0.1) is 0 Å². The number of hydrogen-bond donors (Lipinski definition) is 0. The number of anilines is 1. The summed E-state index contributed by atoms with van der Waals surface area (Å²) in [4.78, 5) is 29.8. The fourth-order valence-electron chi connectivity index (χ4n) is 3.54. The third kappa shape index (κ3) is 4.86. The summed E-state index contributed by atoms with van der Waals surface area (Å²) >= 11 is 0. The molecule has 2 aromatic heterocycles. The highest BCUT2D eigenvalue weighted by atomic mass is 19.1. The number of morpholine rings is 1. The molecule has 3 heterocycles. The first kappa shape index (κ1) is 20.9. The molecular weight excluding hydrogens is 397 g/mol. The summed E-state index contributed by atoms with van der Waals surface area (Å²) in [5.41, 5.74) is 2.72. The highest BCUT2D eigenvalue weighted by Gasteiger charge is 2.29. The number of carbonyl (C=O) groups excluding carboxylic acids is 1. The van der Waals surface area contributed by atoms with Crippen molar-refractivity contribution < 1.29 is 13.9 Å². The van der Waals surface area contributed by atoms with E-state index in [9.17, 15) is 9.18 Å². The Kier molecular flexibility index (Phi) is 6.18. The highest BCUT2D eigenvalue weighted by Crippen LogP contribution is 2.32. The maximum atomic E-state index is 13.9. The van der Waals surface area contributed by atoms with Crippen LogP contribution in [-0.2, 0) is 16.0 Å². The molecule has 1 fully saturated rings. The molecule has 0 aliphatic carbocycles. The lowest BCUT2D eigenvalue weighted by atomic mass is 10.0. The van der Waals surface area contributed by atoms with E-state index < -0.39 is 6.10 Å². The van der Waals surface area contributed by atoms with Crippen molar-refractivity contribution in [2.75, 3.05) is 38.7 Å². The van der Waals surface area contributed by atoms with Gasteiger partial charge >= 0.3 is 0 Å². The van der Waals surface area contributed by atoms with Crippen molar-refractivity contribution in [2.45, 2.75) is 12.5 Å². The molecule has 7 nitrogen and oxygen atoms in total. The van der Waals surface area contributed by atoms with Crippen molar-refractivity contribution in [2.24, 2.45) is 0 Å². The fourth-order valence-corrected chi connectivity index (χ4v) is 3.54. The first-order valence-electron chi connectivity index (χ1n) is 10.1. The summed E-state index contributed by atoms with van der Waals surface area (Å²) in [6.45, 7) is 1.25. The van der Waals surface area contributed by atoms with Crippen molar-refractivity contribution in [1.29, 1.82) is 0 Å². The van der Waals surface area contributed by atoms with Crippen LogP contribution in [0.1, 0.15) is 17.5 Å². The van der Waals surface area contributed by atoms with Gasteiger partial charge in [-0.25, -0.2) is 14.4 Å². The van der Waals surface area contributed by atoms with E-state index in [1.54, 1.807) is 28.3 Å². The second-order valence-electron chi connectivity index (χ2n) is 7.57. The van der Waals surface area contributed by atoms with Crippen molar-refractivity contribution in [3.8, 4) is 11.1 Å². The minimum atomic E-state index is -0.443. The lowest BCUT2D eigenvalue weighted by Crippen LogP contribution is -2.43. The van der Waals surface area contributed by atoms with Crippen molar-refractivity contribution in [3.63, 3.8) is 0 Å². The fraction of sp³-hybridized carbons (Fsp3) is 0.304. The Morgan fingerprint density at radius 1 is 1.23 bits per heavy atom. The van der Waals surface area contributed by atoms with Crippen LogP contribution in [-0.4, -0.2) is 59.6 Å². The number of halogens is 1. The predicted octanol–water partition coefficient (Wildman–Crippen LogP) is 2.89. The second-order valence-corrected chi connectivity index (χ2v) is 7.57. The van der Waals surface area contributed by atoms with Gasteiger partial charge in [-0.2, -0.15) is 0 Å². The Balaban J connectivity index is 1.62. The van der Waals surface area contributed by atoms with Crippen LogP contribution in [0, 0.1) is 5.82 Å². The molecule has 0 saturated carbocycles. The van der Waals surface area contributed by atoms with Crippen molar-refractivity contribution in [1.82, 2.24) is 19.9 Å². The normalized spacial score (nSPS) is 16.2.